The Morgan fingerprint density at radius 2 is 2.00 bits per heavy atom. The van der Waals surface area contributed by atoms with Gasteiger partial charge < -0.3 is 4.57 Å². The fourth-order valence-corrected chi connectivity index (χ4v) is 1.71. The maximum absolute atomic E-state index is 3.81. The van der Waals surface area contributed by atoms with Crippen molar-refractivity contribution < 1.29 is 0 Å². The van der Waals surface area contributed by atoms with E-state index in [0.717, 1.165) is 0 Å². The molecule has 0 fully saturated rings. The summed E-state index contributed by atoms with van der Waals surface area (Å²) in [6.07, 6.45) is 4.12. The van der Waals surface area contributed by atoms with Gasteiger partial charge in [0.05, 0.1) is 0 Å². The van der Waals surface area contributed by atoms with Gasteiger partial charge >= 0.3 is 0 Å². The van der Waals surface area contributed by atoms with Crippen molar-refractivity contribution in [2.75, 3.05) is 0 Å². The number of nitrogens with zero attached hydrogens (tertiary/aromatic N) is 1. The summed E-state index contributed by atoms with van der Waals surface area (Å²) in [7, 11) is 0. The van der Waals surface area contributed by atoms with Crippen LogP contribution in [0.5, 0.6) is 0 Å². The average molecular weight is 177 g/mol. The lowest BCUT2D eigenvalue weighted by atomic mass is 10.0. The van der Waals surface area contributed by atoms with Crippen LogP contribution >= 0.6 is 0 Å². The second-order valence-corrected chi connectivity index (χ2v) is 3.89. The Morgan fingerprint density at radius 3 is 2.38 bits per heavy atom. The van der Waals surface area contributed by atoms with E-state index in [4.69, 9.17) is 0 Å². The van der Waals surface area contributed by atoms with Crippen LogP contribution in [0.25, 0.3) is 0 Å². The minimum absolute atomic E-state index is 0.396. The van der Waals surface area contributed by atoms with Gasteiger partial charge in [-0.25, -0.2) is 0 Å². The Bertz CT molecular complexity index is 294. The van der Waals surface area contributed by atoms with Crippen LogP contribution in [0.2, 0.25) is 0 Å². The van der Waals surface area contributed by atoms with Gasteiger partial charge in [0.15, 0.2) is 0 Å². The summed E-state index contributed by atoms with van der Waals surface area (Å²) >= 11 is 0. The lowest BCUT2D eigenvalue weighted by Gasteiger charge is -2.13. The Balaban J connectivity index is 3.05. The highest BCUT2D eigenvalue weighted by Gasteiger charge is 2.09. The van der Waals surface area contributed by atoms with E-state index in [1.807, 2.05) is 6.08 Å². The largest absolute Gasteiger partial charge is 0.345 e. The molecular weight excluding hydrogens is 158 g/mol. The lowest BCUT2D eigenvalue weighted by molar-refractivity contribution is 0.642. The molecule has 1 rings (SSSR count). The molecule has 13 heavy (non-hydrogen) atoms. The third-order valence-corrected chi connectivity index (χ3v) is 2.62. The maximum atomic E-state index is 3.81. The van der Waals surface area contributed by atoms with Gasteiger partial charge in [0.1, 0.15) is 0 Å². The zero-order valence-electron chi connectivity index (χ0n) is 9.04. The van der Waals surface area contributed by atoms with E-state index in [1.165, 1.54) is 11.3 Å². The standard InChI is InChI=1S/C12H19N/c1-6-10(4)13-8-7-12(9(2)3)11(13)5/h6-10H,1H2,2-5H3. The van der Waals surface area contributed by atoms with E-state index >= 15 is 0 Å². The SMILES string of the molecule is C=CC(C)n1ccc(C(C)C)c1C. The van der Waals surface area contributed by atoms with Crippen LogP contribution in [-0.4, -0.2) is 4.57 Å². The summed E-state index contributed by atoms with van der Waals surface area (Å²) in [6.45, 7) is 12.6. The van der Waals surface area contributed by atoms with E-state index in [9.17, 15) is 0 Å². The van der Waals surface area contributed by atoms with Crippen molar-refractivity contribution >= 4 is 0 Å². The van der Waals surface area contributed by atoms with Crippen LogP contribution in [0.4, 0.5) is 0 Å². The third-order valence-electron chi connectivity index (χ3n) is 2.62. The molecule has 1 unspecified atom stereocenters. The summed E-state index contributed by atoms with van der Waals surface area (Å²) in [5.74, 6) is 0.610. The summed E-state index contributed by atoms with van der Waals surface area (Å²) in [6, 6.07) is 2.60. The van der Waals surface area contributed by atoms with Gasteiger partial charge in [-0.05, 0) is 31.4 Å². The Kier molecular flexibility index (Phi) is 2.97. The molecule has 1 aromatic rings. The van der Waals surface area contributed by atoms with E-state index in [1.54, 1.807) is 0 Å². The number of hydrogen-bond acceptors (Lipinski definition) is 0. The van der Waals surface area contributed by atoms with Crippen molar-refractivity contribution in [3.05, 3.63) is 36.2 Å². The molecule has 0 bridgehead atoms. The number of aromatic nitrogens is 1. The molecule has 0 radical (unpaired) electrons. The molecule has 1 nitrogen and oxygen atoms in total. The first-order chi connectivity index (χ1) is 6.07. The first kappa shape index (κ1) is 10.1. The monoisotopic (exact) mass is 177 g/mol. The van der Waals surface area contributed by atoms with Gasteiger partial charge in [-0.3, -0.25) is 0 Å². The van der Waals surface area contributed by atoms with Crippen LogP contribution in [0.1, 0.15) is 44.0 Å². The second kappa shape index (κ2) is 3.82. The molecule has 0 N–H and O–H groups in total. The fourth-order valence-electron chi connectivity index (χ4n) is 1.71. The first-order valence-corrected chi connectivity index (χ1v) is 4.87. The molecule has 0 aliphatic carbocycles. The normalized spacial score (nSPS) is 13.3. The van der Waals surface area contributed by atoms with Crippen LogP contribution in [-0.2, 0) is 0 Å². The second-order valence-electron chi connectivity index (χ2n) is 3.89. The molecular formula is C12H19N. The van der Waals surface area contributed by atoms with Gasteiger partial charge in [0, 0.05) is 17.9 Å². The molecule has 72 valence electrons. The summed E-state index contributed by atoms with van der Waals surface area (Å²) in [5, 5.41) is 0. The predicted molar refractivity (Wildman–Crippen MR) is 58.2 cm³/mol. The predicted octanol–water partition coefficient (Wildman–Crippen LogP) is 3.67. The van der Waals surface area contributed by atoms with Crippen LogP contribution < -0.4 is 0 Å². The number of allylic oxidation sites excluding steroid dienone is 1. The van der Waals surface area contributed by atoms with E-state index in [2.05, 4.69) is 51.1 Å². The summed E-state index contributed by atoms with van der Waals surface area (Å²) < 4.78 is 2.27. The van der Waals surface area contributed by atoms with Crippen LogP contribution in [0.15, 0.2) is 24.9 Å². The lowest BCUT2D eigenvalue weighted by Crippen LogP contribution is -2.03. The molecule has 1 atom stereocenters. The zero-order valence-corrected chi connectivity index (χ0v) is 9.04. The molecule has 0 amide bonds. The van der Waals surface area contributed by atoms with Gasteiger partial charge in [-0.15, -0.1) is 6.58 Å². The van der Waals surface area contributed by atoms with Gasteiger partial charge in [-0.1, -0.05) is 19.9 Å². The van der Waals surface area contributed by atoms with Crippen molar-refractivity contribution in [1.29, 1.82) is 0 Å². The fraction of sp³-hybridized carbons (Fsp3) is 0.500. The topological polar surface area (TPSA) is 4.93 Å². The average Bonchev–Trinajstić information content (AvgIpc) is 2.46. The smallest absolute Gasteiger partial charge is 0.0482 e. The number of rotatable bonds is 3. The minimum Gasteiger partial charge on any atom is -0.345 e. The zero-order chi connectivity index (χ0) is 10.0. The molecule has 0 aromatic carbocycles. The van der Waals surface area contributed by atoms with Crippen molar-refractivity contribution in [3.63, 3.8) is 0 Å². The van der Waals surface area contributed by atoms with Gasteiger partial charge in [0.2, 0.25) is 0 Å². The Labute approximate surface area is 81.1 Å². The molecule has 1 aromatic heterocycles. The van der Waals surface area contributed by atoms with Crippen molar-refractivity contribution in [1.82, 2.24) is 4.57 Å². The Hall–Kier alpha value is -0.980. The first-order valence-electron chi connectivity index (χ1n) is 4.87. The maximum Gasteiger partial charge on any atom is 0.0482 e. The third kappa shape index (κ3) is 1.85. The van der Waals surface area contributed by atoms with Crippen LogP contribution in [0, 0.1) is 6.92 Å². The van der Waals surface area contributed by atoms with Gasteiger partial charge in [0.25, 0.3) is 0 Å². The van der Waals surface area contributed by atoms with E-state index < -0.39 is 0 Å². The summed E-state index contributed by atoms with van der Waals surface area (Å²) in [5.41, 5.74) is 2.80. The van der Waals surface area contributed by atoms with E-state index in [0.29, 0.717) is 12.0 Å². The molecule has 0 saturated carbocycles. The number of hydrogen-bond donors (Lipinski definition) is 0. The highest BCUT2D eigenvalue weighted by atomic mass is 15.0. The summed E-state index contributed by atoms with van der Waals surface area (Å²) in [4.78, 5) is 0. The highest BCUT2D eigenvalue weighted by molar-refractivity contribution is 5.25. The molecule has 0 aliphatic heterocycles. The van der Waals surface area contributed by atoms with Crippen molar-refractivity contribution in [2.24, 2.45) is 0 Å². The molecule has 1 heterocycles. The van der Waals surface area contributed by atoms with Crippen LogP contribution in [0.3, 0.4) is 0 Å². The quantitative estimate of drug-likeness (QED) is 0.621. The van der Waals surface area contributed by atoms with Crippen molar-refractivity contribution in [2.45, 2.75) is 39.7 Å². The minimum atomic E-state index is 0.396. The van der Waals surface area contributed by atoms with E-state index in [-0.39, 0.29) is 0 Å². The molecule has 0 aliphatic rings. The molecule has 0 spiro atoms. The molecule has 0 saturated heterocycles. The Morgan fingerprint density at radius 1 is 1.38 bits per heavy atom. The van der Waals surface area contributed by atoms with Crippen molar-refractivity contribution in [3.8, 4) is 0 Å². The highest BCUT2D eigenvalue weighted by Crippen LogP contribution is 2.22. The van der Waals surface area contributed by atoms with Gasteiger partial charge in [-0.2, -0.15) is 0 Å². The molecule has 1 heteroatoms.